The Hall–Kier alpha value is -0.330. The van der Waals surface area contributed by atoms with Gasteiger partial charge in [-0.3, -0.25) is 4.79 Å². The zero-order chi connectivity index (χ0) is 18.5. The molecule has 0 bridgehead atoms. The lowest BCUT2D eigenvalue weighted by Gasteiger charge is -2.66. The largest absolute Gasteiger partial charge is 0.299 e. The van der Waals surface area contributed by atoms with E-state index in [2.05, 4.69) is 27.7 Å². The van der Waals surface area contributed by atoms with Crippen molar-refractivity contribution in [3.05, 3.63) is 0 Å². The number of ketones is 1. The molecular formula is C24H42O. The lowest BCUT2D eigenvalue weighted by atomic mass is 9.39. The number of rotatable bonds is 1. The molecule has 0 aromatic carbocycles. The van der Waals surface area contributed by atoms with Gasteiger partial charge < -0.3 is 0 Å². The van der Waals surface area contributed by atoms with Gasteiger partial charge in [-0.25, -0.2) is 0 Å². The SMILES string of the molecule is CC.CCC12CCC(C)CC1(C)CCC1C3CCC(=O)C3(C)CCC12. The predicted octanol–water partition coefficient (Wildman–Crippen LogP) is 7.04. The Morgan fingerprint density at radius 2 is 1.68 bits per heavy atom. The molecule has 4 aliphatic carbocycles. The lowest BCUT2D eigenvalue weighted by molar-refractivity contribution is -0.170. The molecule has 4 aliphatic rings. The van der Waals surface area contributed by atoms with E-state index >= 15 is 0 Å². The Morgan fingerprint density at radius 1 is 0.960 bits per heavy atom. The Labute approximate surface area is 156 Å². The second-order valence-electron chi connectivity index (χ2n) is 10.3. The third-order valence-corrected chi connectivity index (χ3v) is 9.60. The van der Waals surface area contributed by atoms with E-state index in [9.17, 15) is 4.79 Å². The standard InChI is InChI=1S/C22H36O.C2H6/c1-5-22-13-8-15(2)14-20(22,3)11-9-16-17-6-7-19(23)21(17,4)12-10-18(16)22;1-2/h15-18H,5-14H2,1-4H3;1-2H3. The van der Waals surface area contributed by atoms with Crippen LogP contribution in [-0.4, -0.2) is 5.78 Å². The van der Waals surface area contributed by atoms with Crippen molar-refractivity contribution in [2.45, 2.75) is 106 Å². The van der Waals surface area contributed by atoms with Gasteiger partial charge in [0.25, 0.3) is 0 Å². The van der Waals surface area contributed by atoms with E-state index in [0.29, 0.717) is 22.5 Å². The van der Waals surface area contributed by atoms with Gasteiger partial charge in [0.05, 0.1) is 0 Å². The van der Waals surface area contributed by atoms with Crippen molar-refractivity contribution in [2.24, 2.45) is 39.9 Å². The van der Waals surface area contributed by atoms with Crippen LogP contribution in [0.5, 0.6) is 0 Å². The van der Waals surface area contributed by atoms with E-state index in [0.717, 1.165) is 24.2 Å². The predicted molar refractivity (Wildman–Crippen MR) is 106 cm³/mol. The van der Waals surface area contributed by atoms with Crippen LogP contribution in [0.4, 0.5) is 0 Å². The van der Waals surface area contributed by atoms with Crippen LogP contribution in [0.25, 0.3) is 0 Å². The molecule has 0 saturated heterocycles. The van der Waals surface area contributed by atoms with E-state index in [-0.39, 0.29) is 5.41 Å². The smallest absolute Gasteiger partial charge is 0.139 e. The van der Waals surface area contributed by atoms with E-state index in [1.54, 1.807) is 0 Å². The number of fused-ring (bicyclic) bond motifs is 5. The van der Waals surface area contributed by atoms with Crippen LogP contribution >= 0.6 is 0 Å². The Balaban J connectivity index is 0.000000880. The van der Waals surface area contributed by atoms with E-state index in [1.807, 2.05) is 13.8 Å². The van der Waals surface area contributed by atoms with Crippen LogP contribution < -0.4 is 0 Å². The molecule has 0 aromatic rings. The fourth-order valence-electron chi connectivity index (χ4n) is 8.36. The maximum atomic E-state index is 12.5. The molecule has 0 spiro atoms. The zero-order valence-corrected chi connectivity index (χ0v) is 17.8. The fourth-order valence-corrected chi connectivity index (χ4v) is 8.36. The molecule has 0 radical (unpaired) electrons. The van der Waals surface area contributed by atoms with Crippen LogP contribution in [0.3, 0.4) is 0 Å². The van der Waals surface area contributed by atoms with Gasteiger partial charge in [-0.1, -0.05) is 48.0 Å². The van der Waals surface area contributed by atoms with Crippen LogP contribution in [0.15, 0.2) is 0 Å². The number of hydrogen-bond acceptors (Lipinski definition) is 1. The highest BCUT2D eigenvalue weighted by molar-refractivity contribution is 5.87. The Bertz CT molecular complexity index is 510. The van der Waals surface area contributed by atoms with Gasteiger partial charge in [0, 0.05) is 11.8 Å². The lowest BCUT2D eigenvalue weighted by Crippen LogP contribution is -2.58. The van der Waals surface area contributed by atoms with Gasteiger partial charge in [-0.05, 0) is 85.9 Å². The van der Waals surface area contributed by atoms with Gasteiger partial charge in [-0.2, -0.15) is 0 Å². The molecule has 25 heavy (non-hydrogen) atoms. The average molecular weight is 347 g/mol. The summed E-state index contributed by atoms with van der Waals surface area (Å²) in [5.41, 5.74) is 1.19. The highest BCUT2D eigenvalue weighted by Gasteiger charge is 2.63. The third kappa shape index (κ3) is 2.58. The first-order chi connectivity index (χ1) is 11.9. The maximum absolute atomic E-state index is 12.5. The molecule has 7 unspecified atom stereocenters. The molecule has 0 N–H and O–H groups in total. The van der Waals surface area contributed by atoms with Crippen LogP contribution in [0.2, 0.25) is 0 Å². The molecule has 144 valence electrons. The summed E-state index contributed by atoms with van der Waals surface area (Å²) in [6, 6.07) is 0. The summed E-state index contributed by atoms with van der Waals surface area (Å²) in [6.07, 6.45) is 13.1. The summed E-state index contributed by atoms with van der Waals surface area (Å²) in [6.45, 7) is 13.9. The summed E-state index contributed by atoms with van der Waals surface area (Å²) in [5.74, 6) is 3.97. The number of carbonyl (C=O) groups excluding carboxylic acids is 1. The molecule has 0 amide bonds. The first kappa shape index (κ1) is 19.4. The first-order valence-electron chi connectivity index (χ1n) is 11.4. The quantitative estimate of drug-likeness (QED) is 0.497. The van der Waals surface area contributed by atoms with E-state index < -0.39 is 0 Å². The van der Waals surface area contributed by atoms with Crippen molar-refractivity contribution in [3.8, 4) is 0 Å². The van der Waals surface area contributed by atoms with Gasteiger partial charge in [0.15, 0.2) is 0 Å². The minimum absolute atomic E-state index is 0.0474. The zero-order valence-electron chi connectivity index (χ0n) is 17.8. The second-order valence-corrected chi connectivity index (χ2v) is 10.3. The van der Waals surface area contributed by atoms with E-state index in [1.165, 1.54) is 57.8 Å². The Kier molecular flexibility index (Phi) is 5.19. The summed E-state index contributed by atoms with van der Waals surface area (Å²) >= 11 is 0. The Morgan fingerprint density at radius 3 is 2.36 bits per heavy atom. The topological polar surface area (TPSA) is 17.1 Å². The van der Waals surface area contributed by atoms with Crippen LogP contribution in [0.1, 0.15) is 106 Å². The van der Waals surface area contributed by atoms with Gasteiger partial charge in [0.2, 0.25) is 0 Å². The van der Waals surface area contributed by atoms with Gasteiger partial charge in [-0.15, -0.1) is 0 Å². The molecule has 0 aromatic heterocycles. The molecule has 1 nitrogen and oxygen atoms in total. The van der Waals surface area contributed by atoms with E-state index in [4.69, 9.17) is 0 Å². The van der Waals surface area contributed by atoms with Crippen molar-refractivity contribution in [1.82, 2.24) is 0 Å². The summed E-state index contributed by atoms with van der Waals surface area (Å²) < 4.78 is 0. The maximum Gasteiger partial charge on any atom is 0.139 e. The number of hydrogen-bond donors (Lipinski definition) is 0. The molecule has 4 saturated carbocycles. The average Bonchev–Trinajstić information content (AvgIpc) is 2.91. The highest BCUT2D eigenvalue weighted by Crippen LogP contribution is 2.70. The third-order valence-electron chi connectivity index (χ3n) is 9.60. The molecule has 7 atom stereocenters. The van der Waals surface area contributed by atoms with Crippen molar-refractivity contribution in [2.75, 3.05) is 0 Å². The molecule has 0 aliphatic heterocycles. The summed E-state index contributed by atoms with van der Waals surface area (Å²) in [5, 5.41) is 0. The first-order valence-corrected chi connectivity index (χ1v) is 11.4. The minimum atomic E-state index is 0.0474. The van der Waals surface area contributed by atoms with Gasteiger partial charge >= 0.3 is 0 Å². The summed E-state index contributed by atoms with van der Waals surface area (Å²) in [4.78, 5) is 12.5. The van der Waals surface area contributed by atoms with Gasteiger partial charge in [0.1, 0.15) is 5.78 Å². The van der Waals surface area contributed by atoms with Crippen molar-refractivity contribution >= 4 is 5.78 Å². The van der Waals surface area contributed by atoms with Crippen LogP contribution in [0, 0.1) is 39.9 Å². The molecule has 1 heteroatoms. The minimum Gasteiger partial charge on any atom is -0.299 e. The highest BCUT2D eigenvalue weighted by atomic mass is 16.1. The van der Waals surface area contributed by atoms with Crippen LogP contribution in [-0.2, 0) is 4.79 Å². The molecule has 4 rings (SSSR count). The number of carbonyl (C=O) groups is 1. The molecule has 0 heterocycles. The van der Waals surface area contributed by atoms with Crippen molar-refractivity contribution < 1.29 is 4.79 Å². The summed E-state index contributed by atoms with van der Waals surface area (Å²) in [7, 11) is 0. The van der Waals surface area contributed by atoms with Crippen molar-refractivity contribution in [1.29, 1.82) is 0 Å². The molecular weight excluding hydrogens is 304 g/mol. The molecule has 4 fully saturated rings. The monoisotopic (exact) mass is 346 g/mol. The fraction of sp³-hybridized carbons (Fsp3) is 0.958. The second kappa shape index (κ2) is 6.68. The number of Topliss-reactive ketones (excluding diaryl/α,β-unsaturated/α-hetero) is 1. The normalized spacial score (nSPS) is 51.7. The van der Waals surface area contributed by atoms with Crippen molar-refractivity contribution in [3.63, 3.8) is 0 Å².